The second-order valence-corrected chi connectivity index (χ2v) is 10.4. The van der Waals surface area contributed by atoms with Crippen LogP contribution in [0.3, 0.4) is 0 Å². The zero-order chi connectivity index (χ0) is 26.0. The van der Waals surface area contributed by atoms with Gasteiger partial charge in [0.05, 0.1) is 23.3 Å². The monoisotopic (exact) mass is 518 g/mol. The molecule has 2 unspecified atom stereocenters. The van der Waals surface area contributed by atoms with Crippen molar-refractivity contribution < 1.29 is 18.1 Å². The molecule has 37 heavy (non-hydrogen) atoms. The first kappa shape index (κ1) is 25.0. The van der Waals surface area contributed by atoms with Gasteiger partial charge in [0.2, 0.25) is 4.90 Å². The largest absolute Gasteiger partial charge is 0.593 e. The van der Waals surface area contributed by atoms with Crippen LogP contribution in [0.25, 0.3) is 0 Å². The smallest absolute Gasteiger partial charge is 0.209 e. The first-order valence-electron chi connectivity index (χ1n) is 11.8. The molecule has 1 aliphatic carbocycles. The Balaban J connectivity index is 1.54. The Hall–Kier alpha value is -3.66. The van der Waals surface area contributed by atoms with E-state index in [1.165, 1.54) is 36.5 Å². The number of hydrogen-bond donors (Lipinski definition) is 2. The fourth-order valence-electron chi connectivity index (χ4n) is 4.87. The van der Waals surface area contributed by atoms with Gasteiger partial charge in [0, 0.05) is 30.3 Å². The molecule has 2 aliphatic rings. The van der Waals surface area contributed by atoms with Crippen molar-refractivity contribution in [2.24, 2.45) is 5.41 Å². The maximum absolute atomic E-state index is 14.5. The second kappa shape index (κ2) is 10.4. The maximum atomic E-state index is 14.5. The van der Waals surface area contributed by atoms with E-state index >= 15 is 0 Å². The van der Waals surface area contributed by atoms with E-state index < -0.39 is 22.6 Å². The van der Waals surface area contributed by atoms with Gasteiger partial charge in [-0.2, -0.15) is 0 Å². The molecule has 2 aromatic carbocycles. The molecule has 2 atom stereocenters. The number of allylic oxidation sites excluding steroid dienone is 2. The van der Waals surface area contributed by atoms with Crippen molar-refractivity contribution in [1.29, 1.82) is 5.41 Å². The van der Waals surface area contributed by atoms with E-state index in [2.05, 4.69) is 10.3 Å². The number of carbonyl (C=O) groups is 1. The number of anilines is 1. The van der Waals surface area contributed by atoms with Gasteiger partial charge < -0.3 is 15.3 Å². The molecule has 0 saturated carbocycles. The number of ketones is 1. The van der Waals surface area contributed by atoms with Crippen molar-refractivity contribution >= 4 is 29.0 Å². The lowest BCUT2D eigenvalue weighted by molar-refractivity contribution is 0.0769. The molecular weight excluding hydrogens is 494 g/mol. The Morgan fingerprint density at radius 3 is 2.57 bits per heavy atom. The summed E-state index contributed by atoms with van der Waals surface area (Å²) >= 11 is -1.82. The van der Waals surface area contributed by atoms with Gasteiger partial charge in [0.15, 0.2) is 11.6 Å². The summed E-state index contributed by atoms with van der Waals surface area (Å²) in [5, 5.41) is 11.3. The number of hydrogen-bond acceptors (Lipinski definition) is 6. The lowest BCUT2D eigenvalue weighted by Crippen LogP contribution is -2.52. The van der Waals surface area contributed by atoms with Gasteiger partial charge in [-0.3, -0.25) is 9.78 Å². The van der Waals surface area contributed by atoms with Crippen molar-refractivity contribution in [1.82, 2.24) is 9.29 Å². The summed E-state index contributed by atoms with van der Waals surface area (Å²) in [5.74, 6) is -1.17. The van der Waals surface area contributed by atoms with E-state index in [0.29, 0.717) is 29.9 Å². The summed E-state index contributed by atoms with van der Waals surface area (Å²) in [6.07, 6.45) is 5.19. The molecule has 3 aromatic rings. The fraction of sp³-hybridized carbons (Fsp3) is 0.179. The van der Waals surface area contributed by atoms with Crippen LogP contribution < -0.4 is 5.32 Å². The van der Waals surface area contributed by atoms with Crippen LogP contribution in [0.2, 0.25) is 0 Å². The molecule has 1 saturated heterocycles. The molecule has 0 bridgehead atoms. The van der Waals surface area contributed by atoms with Gasteiger partial charge in [-0.05, 0) is 73.0 Å². The second-order valence-electron chi connectivity index (χ2n) is 8.98. The Labute approximate surface area is 216 Å². The molecule has 9 heteroatoms. The fourth-order valence-corrected chi connectivity index (χ4v) is 6.18. The number of aromatic nitrogens is 1. The standard InChI is InChI=1S/C28H24F2N4O2S/c29-21-8-10-22(11-9-21)33-25-15-20-12-14-34(37(36)26-7-2-1-5-23(26)30)18-28(20,16-19(25)17-31)27(35)24-6-3-4-13-32-24/h1-11,13,15,17,31,33H,12,14,16,18H2. The lowest BCUT2D eigenvalue weighted by atomic mass is 9.65. The van der Waals surface area contributed by atoms with Crippen LogP contribution in [0, 0.1) is 22.5 Å². The Kier molecular flexibility index (Phi) is 7.01. The minimum Gasteiger partial charge on any atom is -0.593 e. The van der Waals surface area contributed by atoms with Crippen LogP contribution in [0.1, 0.15) is 23.3 Å². The number of fused-ring (bicyclic) bond motifs is 1. The van der Waals surface area contributed by atoms with Crippen LogP contribution in [0.5, 0.6) is 0 Å². The van der Waals surface area contributed by atoms with Gasteiger partial charge in [-0.25, -0.2) is 8.78 Å². The summed E-state index contributed by atoms with van der Waals surface area (Å²) in [6, 6.07) is 16.9. The number of carbonyl (C=O) groups excluding carboxylic acids is 1. The third kappa shape index (κ3) is 4.85. The molecule has 1 aliphatic heterocycles. The van der Waals surface area contributed by atoms with Crippen molar-refractivity contribution in [2.75, 3.05) is 18.4 Å². The highest BCUT2D eigenvalue weighted by Crippen LogP contribution is 2.47. The number of halogens is 2. The SMILES string of the molecule is N=CC1=C(Nc2ccc(F)cc2)C=C2CCN([S+]([O-])c3ccccc3F)CC2(C(=O)c2ccccn2)C1. The van der Waals surface area contributed by atoms with Crippen LogP contribution in [0.15, 0.2) is 101 Å². The number of benzene rings is 2. The number of rotatable bonds is 7. The zero-order valence-corrected chi connectivity index (χ0v) is 20.6. The van der Waals surface area contributed by atoms with Gasteiger partial charge in [-0.1, -0.05) is 23.8 Å². The third-order valence-electron chi connectivity index (χ3n) is 6.74. The average molecular weight is 519 g/mol. The Morgan fingerprint density at radius 2 is 1.86 bits per heavy atom. The molecule has 2 N–H and O–H groups in total. The molecule has 0 spiro atoms. The molecule has 5 rings (SSSR count). The topological polar surface area (TPSA) is 92.1 Å². The van der Waals surface area contributed by atoms with Crippen LogP contribution in [0.4, 0.5) is 14.5 Å². The first-order chi connectivity index (χ1) is 17.9. The number of pyridine rings is 1. The van der Waals surface area contributed by atoms with Crippen LogP contribution in [-0.2, 0) is 11.4 Å². The molecule has 1 fully saturated rings. The third-order valence-corrected chi connectivity index (χ3v) is 8.23. The van der Waals surface area contributed by atoms with Crippen molar-refractivity contribution in [2.45, 2.75) is 17.7 Å². The lowest BCUT2D eigenvalue weighted by Gasteiger charge is -2.45. The molecule has 2 heterocycles. The van der Waals surface area contributed by atoms with Gasteiger partial charge in [0.25, 0.3) is 0 Å². The summed E-state index contributed by atoms with van der Waals surface area (Å²) < 4.78 is 42.9. The predicted molar refractivity (Wildman–Crippen MR) is 139 cm³/mol. The van der Waals surface area contributed by atoms with Crippen molar-refractivity contribution in [3.63, 3.8) is 0 Å². The highest BCUT2D eigenvalue weighted by atomic mass is 32.2. The normalized spacial score (nSPS) is 20.6. The minimum atomic E-state index is -1.82. The summed E-state index contributed by atoms with van der Waals surface area (Å²) in [7, 11) is 0. The minimum absolute atomic E-state index is 0.0626. The van der Waals surface area contributed by atoms with E-state index in [0.717, 1.165) is 5.57 Å². The Morgan fingerprint density at radius 1 is 1.11 bits per heavy atom. The highest BCUT2D eigenvalue weighted by molar-refractivity contribution is 7.89. The number of nitrogens with zero attached hydrogens (tertiary/aromatic N) is 2. The van der Waals surface area contributed by atoms with E-state index in [1.807, 2.05) is 6.08 Å². The molecule has 188 valence electrons. The molecule has 1 aromatic heterocycles. The quantitative estimate of drug-likeness (QED) is 0.252. The molecular formula is C28H24F2N4O2S. The molecule has 0 amide bonds. The van der Waals surface area contributed by atoms with E-state index in [4.69, 9.17) is 5.41 Å². The highest BCUT2D eigenvalue weighted by Gasteiger charge is 2.51. The summed E-state index contributed by atoms with van der Waals surface area (Å²) in [5.41, 5.74) is 1.81. The van der Waals surface area contributed by atoms with Gasteiger partial charge >= 0.3 is 0 Å². The summed E-state index contributed by atoms with van der Waals surface area (Å²) in [4.78, 5) is 18.4. The summed E-state index contributed by atoms with van der Waals surface area (Å²) in [6.45, 7) is 0.435. The van der Waals surface area contributed by atoms with Crippen LogP contribution >= 0.6 is 0 Å². The maximum Gasteiger partial charge on any atom is 0.209 e. The van der Waals surface area contributed by atoms with Crippen LogP contribution in [-0.4, -0.2) is 38.9 Å². The molecule has 0 radical (unpaired) electrons. The number of piperidine rings is 1. The zero-order valence-electron chi connectivity index (χ0n) is 19.8. The van der Waals surface area contributed by atoms with E-state index in [1.54, 1.807) is 46.9 Å². The van der Waals surface area contributed by atoms with Crippen molar-refractivity contribution in [3.8, 4) is 0 Å². The van der Waals surface area contributed by atoms with Gasteiger partial charge in [-0.15, -0.1) is 4.31 Å². The first-order valence-corrected chi connectivity index (χ1v) is 12.9. The number of Topliss-reactive ketones (excluding diaryl/α,β-unsaturated/α-hetero) is 1. The van der Waals surface area contributed by atoms with Crippen molar-refractivity contribution in [3.05, 3.63) is 113 Å². The molecule has 6 nitrogen and oxygen atoms in total. The average Bonchev–Trinajstić information content (AvgIpc) is 2.93. The van der Waals surface area contributed by atoms with E-state index in [9.17, 15) is 18.1 Å². The predicted octanol–water partition coefficient (Wildman–Crippen LogP) is 5.30. The number of nitrogens with one attached hydrogen (secondary N) is 2. The van der Waals surface area contributed by atoms with Gasteiger partial charge in [0.1, 0.15) is 11.5 Å². The Bertz CT molecular complexity index is 1390. The van der Waals surface area contributed by atoms with E-state index in [-0.39, 0.29) is 35.2 Å².